The van der Waals surface area contributed by atoms with Gasteiger partial charge in [0.25, 0.3) is 0 Å². The van der Waals surface area contributed by atoms with Crippen molar-refractivity contribution in [2.75, 3.05) is 12.3 Å². The third-order valence-corrected chi connectivity index (χ3v) is 2.78. The number of hydrogen-bond acceptors (Lipinski definition) is 5. The fourth-order valence-electron chi connectivity index (χ4n) is 0.837. The average Bonchev–Trinajstić information content (AvgIpc) is 2.19. The van der Waals surface area contributed by atoms with E-state index in [4.69, 9.17) is 5.73 Å². The van der Waals surface area contributed by atoms with Crippen molar-refractivity contribution >= 4 is 11.8 Å². The number of nitrogens with zero attached hydrogens (tertiary/aromatic N) is 2. The topological polar surface area (TPSA) is 72.0 Å². The number of thioether (sulfide) groups is 1. The minimum atomic E-state index is -0.769. The minimum Gasteiger partial charge on any atom is -0.389 e. The van der Waals surface area contributed by atoms with Crippen molar-refractivity contribution in [3.8, 4) is 0 Å². The Labute approximate surface area is 88.0 Å². The van der Waals surface area contributed by atoms with E-state index in [1.165, 1.54) is 0 Å². The molecule has 0 saturated heterocycles. The van der Waals surface area contributed by atoms with Crippen molar-refractivity contribution in [3.63, 3.8) is 0 Å². The van der Waals surface area contributed by atoms with Gasteiger partial charge in [-0.05, 0) is 13.3 Å². The number of aromatic nitrogens is 2. The van der Waals surface area contributed by atoms with Gasteiger partial charge >= 0.3 is 0 Å². The van der Waals surface area contributed by atoms with Crippen LogP contribution in [0.15, 0.2) is 23.6 Å². The lowest BCUT2D eigenvalue weighted by molar-refractivity contribution is 0.0665. The summed E-state index contributed by atoms with van der Waals surface area (Å²) >= 11 is 1.57. The summed E-state index contributed by atoms with van der Waals surface area (Å²) in [5, 5.41) is 10.5. The first-order valence-electron chi connectivity index (χ1n) is 4.45. The second-order valence-corrected chi connectivity index (χ2v) is 4.46. The Bertz CT molecular complexity index is 266. The Balaban J connectivity index is 2.29. The van der Waals surface area contributed by atoms with Crippen LogP contribution in [0, 0.1) is 0 Å². The molecule has 0 bridgehead atoms. The highest BCUT2D eigenvalue weighted by Crippen LogP contribution is 2.18. The summed E-state index contributed by atoms with van der Waals surface area (Å²) in [7, 11) is 0. The molecule has 1 aromatic rings. The van der Waals surface area contributed by atoms with Gasteiger partial charge in [0.15, 0.2) is 0 Å². The molecule has 5 heteroatoms. The highest BCUT2D eigenvalue weighted by Gasteiger charge is 2.17. The second-order valence-electron chi connectivity index (χ2n) is 3.34. The molecular formula is C9H15N3OS. The minimum absolute atomic E-state index is 0.286. The van der Waals surface area contributed by atoms with Crippen LogP contribution in [-0.4, -0.2) is 33.0 Å². The summed E-state index contributed by atoms with van der Waals surface area (Å²) in [6, 6.07) is 0. The summed E-state index contributed by atoms with van der Waals surface area (Å²) in [5.41, 5.74) is 4.63. The van der Waals surface area contributed by atoms with Crippen LogP contribution in [-0.2, 0) is 0 Å². The van der Waals surface area contributed by atoms with Crippen molar-refractivity contribution in [2.45, 2.75) is 24.0 Å². The van der Waals surface area contributed by atoms with Crippen molar-refractivity contribution in [3.05, 3.63) is 18.6 Å². The molecular weight excluding hydrogens is 198 g/mol. The summed E-state index contributed by atoms with van der Waals surface area (Å²) < 4.78 is 0. The molecule has 1 aromatic heterocycles. The first kappa shape index (κ1) is 11.4. The largest absolute Gasteiger partial charge is 0.389 e. The second kappa shape index (κ2) is 5.29. The fraction of sp³-hybridized carbons (Fsp3) is 0.556. The molecule has 1 heterocycles. The summed E-state index contributed by atoms with van der Waals surface area (Å²) in [6.45, 7) is 2.03. The molecule has 0 aromatic carbocycles. The molecule has 1 rings (SSSR count). The van der Waals surface area contributed by atoms with Gasteiger partial charge in [0.05, 0.1) is 11.8 Å². The quantitative estimate of drug-likeness (QED) is 0.703. The Morgan fingerprint density at radius 2 is 2.36 bits per heavy atom. The molecule has 0 aliphatic rings. The van der Waals surface area contributed by atoms with Gasteiger partial charge in [0, 0.05) is 24.7 Å². The Morgan fingerprint density at radius 1 is 1.57 bits per heavy atom. The van der Waals surface area contributed by atoms with E-state index in [1.54, 1.807) is 37.3 Å². The molecule has 0 aliphatic heterocycles. The van der Waals surface area contributed by atoms with Crippen LogP contribution in [0.3, 0.4) is 0 Å². The van der Waals surface area contributed by atoms with E-state index in [9.17, 15) is 5.11 Å². The third kappa shape index (κ3) is 4.04. The number of aliphatic hydroxyl groups is 1. The van der Waals surface area contributed by atoms with Crippen LogP contribution >= 0.6 is 11.8 Å². The average molecular weight is 213 g/mol. The number of nitrogens with two attached hydrogens (primary N) is 1. The lowest BCUT2D eigenvalue weighted by Gasteiger charge is -2.19. The lowest BCUT2D eigenvalue weighted by Crippen LogP contribution is -2.34. The predicted octanol–water partition coefficient (Wildman–Crippen LogP) is 0.668. The van der Waals surface area contributed by atoms with Crippen molar-refractivity contribution in [1.29, 1.82) is 0 Å². The first-order chi connectivity index (χ1) is 6.64. The smallest absolute Gasteiger partial charge is 0.114 e. The van der Waals surface area contributed by atoms with E-state index in [2.05, 4.69) is 9.97 Å². The summed E-state index contributed by atoms with van der Waals surface area (Å²) in [5.74, 6) is 0.795. The monoisotopic (exact) mass is 213 g/mol. The van der Waals surface area contributed by atoms with Crippen LogP contribution in [0.2, 0.25) is 0 Å². The molecule has 0 saturated carbocycles. The Kier molecular flexibility index (Phi) is 4.31. The van der Waals surface area contributed by atoms with Gasteiger partial charge in [-0.25, -0.2) is 4.98 Å². The van der Waals surface area contributed by atoms with E-state index in [1.807, 2.05) is 0 Å². The summed E-state index contributed by atoms with van der Waals surface area (Å²) in [6.07, 6.45) is 5.66. The van der Waals surface area contributed by atoms with Gasteiger partial charge in [-0.3, -0.25) is 4.98 Å². The van der Waals surface area contributed by atoms with Gasteiger partial charge < -0.3 is 10.8 Å². The summed E-state index contributed by atoms with van der Waals surface area (Å²) in [4.78, 5) is 8.06. The van der Waals surface area contributed by atoms with Gasteiger partial charge in [-0.15, -0.1) is 11.8 Å². The van der Waals surface area contributed by atoms with Crippen LogP contribution in [0.1, 0.15) is 13.3 Å². The maximum absolute atomic E-state index is 9.63. The lowest BCUT2D eigenvalue weighted by atomic mass is 10.1. The molecule has 14 heavy (non-hydrogen) atoms. The molecule has 78 valence electrons. The van der Waals surface area contributed by atoms with E-state index >= 15 is 0 Å². The van der Waals surface area contributed by atoms with Crippen molar-refractivity contribution in [1.82, 2.24) is 9.97 Å². The van der Waals surface area contributed by atoms with Gasteiger partial charge in [-0.2, -0.15) is 0 Å². The van der Waals surface area contributed by atoms with Crippen molar-refractivity contribution in [2.24, 2.45) is 5.73 Å². The first-order valence-corrected chi connectivity index (χ1v) is 5.44. The molecule has 0 spiro atoms. The SMILES string of the molecule is CC(O)(CN)CCSc1cnccn1. The maximum Gasteiger partial charge on any atom is 0.114 e. The van der Waals surface area contributed by atoms with Crippen LogP contribution in [0.25, 0.3) is 0 Å². The zero-order valence-electron chi connectivity index (χ0n) is 8.18. The van der Waals surface area contributed by atoms with E-state index in [0.29, 0.717) is 6.42 Å². The van der Waals surface area contributed by atoms with Gasteiger partial charge in [0.1, 0.15) is 5.03 Å². The Morgan fingerprint density at radius 3 is 2.93 bits per heavy atom. The molecule has 4 nitrogen and oxygen atoms in total. The normalized spacial score (nSPS) is 15.1. The van der Waals surface area contributed by atoms with Gasteiger partial charge in [-0.1, -0.05) is 0 Å². The van der Waals surface area contributed by atoms with Crippen LogP contribution < -0.4 is 5.73 Å². The third-order valence-electron chi connectivity index (χ3n) is 1.87. The Hall–Kier alpha value is -0.650. The molecule has 0 radical (unpaired) electrons. The van der Waals surface area contributed by atoms with E-state index in [0.717, 1.165) is 10.8 Å². The predicted molar refractivity (Wildman–Crippen MR) is 57.1 cm³/mol. The number of hydrogen-bond donors (Lipinski definition) is 2. The molecule has 1 atom stereocenters. The molecule has 0 fully saturated rings. The molecule has 1 unspecified atom stereocenters. The van der Waals surface area contributed by atoms with Crippen molar-refractivity contribution < 1.29 is 5.11 Å². The number of rotatable bonds is 5. The maximum atomic E-state index is 9.63. The molecule has 0 aliphatic carbocycles. The molecule has 3 N–H and O–H groups in total. The van der Waals surface area contributed by atoms with Crippen LogP contribution in [0.5, 0.6) is 0 Å². The highest BCUT2D eigenvalue weighted by atomic mass is 32.2. The zero-order chi connectivity index (χ0) is 10.4. The fourth-order valence-corrected chi connectivity index (χ4v) is 1.86. The molecule has 0 amide bonds. The van der Waals surface area contributed by atoms with E-state index in [-0.39, 0.29) is 6.54 Å². The standard InChI is InChI=1S/C9H15N3OS/c1-9(13,7-10)2-5-14-8-6-11-3-4-12-8/h3-4,6,13H,2,5,7,10H2,1H3. The van der Waals surface area contributed by atoms with E-state index < -0.39 is 5.60 Å². The highest BCUT2D eigenvalue weighted by molar-refractivity contribution is 7.99. The van der Waals surface area contributed by atoms with Crippen LogP contribution in [0.4, 0.5) is 0 Å². The van der Waals surface area contributed by atoms with Gasteiger partial charge in [0.2, 0.25) is 0 Å². The zero-order valence-corrected chi connectivity index (χ0v) is 9.00.